The Morgan fingerprint density at radius 2 is 2.12 bits per heavy atom. The molecular formula is C18H21N5O3. The van der Waals surface area contributed by atoms with Crippen LogP contribution in [0.25, 0.3) is 0 Å². The first-order valence-electron chi connectivity index (χ1n) is 8.80. The van der Waals surface area contributed by atoms with Crippen LogP contribution in [0.4, 0.5) is 10.6 Å². The molecule has 136 valence electrons. The van der Waals surface area contributed by atoms with Gasteiger partial charge >= 0.3 is 12.0 Å². The third-order valence-corrected chi connectivity index (χ3v) is 5.54. The normalized spacial score (nSPS) is 24.5. The molecule has 2 N–H and O–H groups in total. The van der Waals surface area contributed by atoms with Gasteiger partial charge in [0, 0.05) is 13.1 Å². The van der Waals surface area contributed by atoms with Gasteiger partial charge in [0.15, 0.2) is 5.82 Å². The van der Waals surface area contributed by atoms with E-state index in [1.54, 1.807) is 15.8 Å². The average molecular weight is 355 g/mol. The Hall–Kier alpha value is -2.90. The zero-order chi connectivity index (χ0) is 18.1. The molecule has 2 heterocycles. The Labute approximate surface area is 150 Å². The van der Waals surface area contributed by atoms with Crippen LogP contribution in [0.5, 0.6) is 0 Å². The molecule has 1 saturated heterocycles. The number of hydrogen-bond donors (Lipinski definition) is 2. The van der Waals surface area contributed by atoms with E-state index < -0.39 is 11.4 Å². The van der Waals surface area contributed by atoms with Crippen molar-refractivity contribution < 1.29 is 14.7 Å². The van der Waals surface area contributed by atoms with Gasteiger partial charge in [-0.15, -0.1) is 5.10 Å². The van der Waals surface area contributed by atoms with Gasteiger partial charge in [-0.25, -0.2) is 9.48 Å². The Balaban J connectivity index is 1.39. The minimum atomic E-state index is -0.788. The van der Waals surface area contributed by atoms with E-state index in [0.717, 1.165) is 18.4 Å². The number of urea groups is 1. The van der Waals surface area contributed by atoms with Crippen LogP contribution in [0.15, 0.2) is 36.5 Å². The van der Waals surface area contributed by atoms with Crippen molar-refractivity contribution in [2.45, 2.75) is 25.8 Å². The van der Waals surface area contributed by atoms with Crippen molar-refractivity contribution in [2.75, 3.05) is 18.4 Å². The topological polar surface area (TPSA) is 100 Å². The lowest BCUT2D eigenvalue weighted by Crippen LogP contribution is -2.38. The molecule has 2 aromatic rings. The summed E-state index contributed by atoms with van der Waals surface area (Å²) in [5.41, 5.74) is 0.313. The molecule has 8 nitrogen and oxygen atoms in total. The minimum Gasteiger partial charge on any atom is -0.481 e. The predicted molar refractivity (Wildman–Crippen MR) is 93.6 cm³/mol. The van der Waals surface area contributed by atoms with Crippen molar-refractivity contribution in [1.82, 2.24) is 19.9 Å². The second-order valence-electron chi connectivity index (χ2n) is 7.15. The van der Waals surface area contributed by atoms with Gasteiger partial charge in [0.1, 0.15) is 0 Å². The number of fused-ring (bicyclic) bond motifs is 1. The number of nitrogens with one attached hydrogen (secondary N) is 1. The fourth-order valence-electron chi connectivity index (χ4n) is 4.19. The number of benzene rings is 1. The molecule has 1 aliphatic carbocycles. The van der Waals surface area contributed by atoms with Crippen LogP contribution in [-0.4, -0.2) is 50.1 Å². The van der Waals surface area contributed by atoms with Gasteiger partial charge in [0.25, 0.3) is 0 Å². The number of aromatic nitrogens is 3. The maximum Gasteiger partial charge on any atom is 0.323 e. The maximum absolute atomic E-state index is 12.5. The molecule has 1 saturated carbocycles. The summed E-state index contributed by atoms with van der Waals surface area (Å²) in [6, 6.07) is 9.54. The van der Waals surface area contributed by atoms with Crippen molar-refractivity contribution in [2.24, 2.45) is 11.3 Å². The molecule has 0 radical (unpaired) electrons. The highest BCUT2D eigenvalue weighted by Gasteiger charge is 2.55. The summed E-state index contributed by atoms with van der Waals surface area (Å²) in [5, 5.41) is 20.4. The van der Waals surface area contributed by atoms with Gasteiger partial charge in [-0.2, -0.15) is 0 Å². The van der Waals surface area contributed by atoms with Gasteiger partial charge < -0.3 is 10.0 Å². The Morgan fingerprint density at radius 1 is 1.31 bits per heavy atom. The Morgan fingerprint density at radius 3 is 2.85 bits per heavy atom. The summed E-state index contributed by atoms with van der Waals surface area (Å²) in [6.07, 6.45) is 4.10. The monoisotopic (exact) mass is 355 g/mol. The van der Waals surface area contributed by atoms with Crippen LogP contribution in [0.1, 0.15) is 24.8 Å². The molecule has 4 rings (SSSR count). The summed E-state index contributed by atoms with van der Waals surface area (Å²) in [6.45, 7) is 1.31. The second kappa shape index (κ2) is 6.44. The molecular weight excluding hydrogens is 334 g/mol. The molecule has 1 aromatic heterocycles. The third-order valence-electron chi connectivity index (χ3n) is 5.54. The van der Waals surface area contributed by atoms with Crippen molar-refractivity contribution in [1.29, 1.82) is 0 Å². The number of aliphatic carboxylic acids is 1. The van der Waals surface area contributed by atoms with Gasteiger partial charge in [0.05, 0.1) is 18.2 Å². The van der Waals surface area contributed by atoms with Crippen molar-refractivity contribution in [3.05, 3.63) is 42.1 Å². The fourth-order valence-corrected chi connectivity index (χ4v) is 4.19. The van der Waals surface area contributed by atoms with Gasteiger partial charge in [-0.1, -0.05) is 42.0 Å². The number of carboxylic acids is 1. The smallest absolute Gasteiger partial charge is 0.323 e. The summed E-state index contributed by atoms with van der Waals surface area (Å²) in [7, 11) is 0. The third kappa shape index (κ3) is 2.91. The number of nitrogens with zero attached hydrogens (tertiary/aromatic N) is 4. The largest absolute Gasteiger partial charge is 0.481 e. The van der Waals surface area contributed by atoms with Crippen LogP contribution in [0, 0.1) is 11.3 Å². The van der Waals surface area contributed by atoms with Crippen LogP contribution in [0.3, 0.4) is 0 Å². The van der Waals surface area contributed by atoms with Crippen LogP contribution in [-0.2, 0) is 11.3 Å². The van der Waals surface area contributed by atoms with E-state index in [1.165, 1.54) is 0 Å². The molecule has 0 unspecified atom stereocenters. The molecule has 2 aliphatic rings. The number of carbonyl (C=O) groups excluding carboxylic acids is 1. The molecule has 2 atom stereocenters. The van der Waals surface area contributed by atoms with Gasteiger partial charge in [-0.3, -0.25) is 10.1 Å². The number of rotatable bonds is 4. The van der Waals surface area contributed by atoms with Crippen LogP contribution < -0.4 is 5.32 Å². The lowest BCUT2D eigenvalue weighted by Gasteiger charge is -2.23. The quantitative estimate of drug-likeness (QED) is 0.874. The zero-order valence-electron chi connectivity index (χ0n) is 14.3. The van der Waals surface area contributed by atoms with Crippen molar-refractivity contribution in [3.63, 3.8) is 0 Å². The average Bonchev–Trinajstić information content (AvgIpc) is 3.30. The van der Waals surface area contributed by atoms with E-state index in [0.29, 0.717) is 25.3 Å². The lowest BCUT2D eigenvalue weighted by molar-refractivity contribution is -0.149. The minimum absolute atomic E-state index is 0.0412. The second-order valence-corrected chi connectivity index (χ2v) is 7.15. The number of amides is 2. The SMILES string of the molecule is O=C(Nc1cn(Cc2ccccc2)nn1)N1C[C@@H]2CCC[C@@]2(C(=O)O)C1. The number of likely N-dealkylation sites (tertiary alicyclic amines) is 1. The molecule has 0 bridgehead atoms. The summed E-state index contributed by atoms with van der Waals surface area (Å²) in [4.78, 5) is 25.8. The molecule has 1 aromatic carbocycles. The molecule has 1 aliphatic heterocycles. The molecule has 2 amide bonds. The first-order valence-corrected chi connectivity index (χ1v) is 8.80. The van der Waals surface area contributed by atoms with Crippen molar-refractivity contribution in [3.8, 4) is 0 Å². The van der Waals surface area contributed by atoms with Crippen molar-refractivity contribution >= 4 is 17.8 Å². The van der Waals surface area contributed by atoms with E-state index in [9.17, 15) is 14.7 Å². The molecule has 8 heteroatoms. The Kier molecular flexibility index (Phi) is 4.10. The maximum atomic E-state index is 12.5. The van der Waals surface area contributed by atoms with E-state index in [1.807, 2.05) is 30.3 Å². The van der Waals surface area contributed by atoms with Gasteiger partial charge in [-0.05, 0) is 24.3 Å². The summed E-state index contributed by atoms with van der Waals surface area (Å²) >= 11 is 0. The number of anilines is 1. The molecule has 0 spiro atoms. The molecule has 2 fully saturated rings. The van der Waals surface area contributed by atoms with E-state index in [4.69, 9.17) is 0 Å². The number of carbonyl (C=O) groups is 2. The highest BCUT2D eigenvalue weighted by atomic mass is 16.4. The first-order chi connectivity index (χ1) is 12.6. The van der Waals surface area contributed by atoms with Crippen LogP contribution >= 0.6 is 0 Å². The lowest BCUT2D eigenvalue weighted by atomic mass is 9.81. The number of hydrogen-bond acceptors (Lipinski definition) is 4. The summed E-state index contributed by atoms with van der Waals surface area (Å²) < 4.78 is 1.66. The Bertz CT molecular complexity index is 821. The fraction of sp³-hybridized carbons (Fsp3) is 0.444. The highest BCUT2D eigenvalue weighted by molar-refractivity contribution is 5.89. The van der Waals surface area contributed by atoms with Crippen LogP contribution in [0.2, 0.25) is 0 Å². The van der Waals surface area contributed by atoms with E-state index in [2.05, 4.69) is 15.6 Å². The zero-order valence-corrected chi connectivity index (χ0v) is 14.3. The van der Waals surface area contributed by atoms with Gasteiger partial charge in [0.2, 0.25) is 0 Å². The van der Waals surface area contributed by atoms with E-state index in [-0.39, 0.29) is 18.5 Å². The number of carboxylic acid groups (broad SMARTS) is 1. The standard InChI is InChI=1S/C18H21N5O3/c24-16(25)18-8-4-7-14(18)10-22(12-18)17(26)19-15-11-23(21-20-15)9-13-5-2-1-3-6-13/h1-3,5-6,11,14H,4,7-10,12H2,(H,19,26)(H,24,25)/t14-,18+/m0/s1. The summed E-state index contributed by atoms with van der Waals surface area (Å²) in [5.74, 6) is -0.379. The highest BCUT2D eigenvalue weighted by Crippen LogP contribution is 2.48. The molecule has 26 heavy (non-hydrogen) atoms. The van der Waals surface area contributed by atoms with E-state index >= 15 is 0 Å². The first kappa shape index (κ1) is 16.6. The predicted octanol–water partition coefficient (Wildman–Crippen LogP) is 2.04.